The minimum Gasteiger partial charge on any atom is -0.374 e. The zero-order valence-electron chi connectivity index (χ0n) is 14.1. The molecule has 0 amide bonds. The first-order valence-electron chi connectivity index (χ1n) is 8.01. The van der Waals surface area contributed by atoms with Crippen molar-refractivity contribution in [2.75, 3.05) is 37.0 Å². The molecule has 1 rings (SSSR count). The topological polar surface area (TPSA) is 50.3 Å². The van der Waals surface area contributed by atoms with Crippen LogP contribution in [-0.2, 0) is 11.3 Å². The lowest BCUT2D eigenvalue weighted by Crippen LogP contribution is -2.25. The molecule has 5 heteroatoms. The quantitative estimate of drug-likeness (QED) is 0.717. The molecule has 120 valence electrons. The number of hydrogen-bond acceptors (Lipinski definition) is 5. The highest BCUT2D eigenvalue weighted by molar-refractivity contribution is 5.49. The Morgan fingerprint density at radius 2 is 2.05 bits per heavy atom. The van der Waals surface area contributed by atoms with E-state index in [2.05, 4.69) is 48.0 Å². The van der Waals surface area contributed by atoms with E-state index in [0.29, 0.717) is 19.1 Å². The molecule has 1 aromatic rings. The van der Waals surface area contributed by atoms with Gasteiger partial charge >= 0.3 is 0 Å². The summed E-state index contributed by atoms with van der Waals surface area (Å²) in [6.45, 7) is 11.6. The minimum atomic E-state index is 0.461. The third kappa shape index (κ3) is 6.29. The van der Waals surface area contributed by atoms with Gasteiger partial charge in [-0.3, -0.25) is 0 Å². The van der Waals surface area contributed by atoms with E-state index in [1.165, 1.54) is 6.42 Å². The monoisotopic (exact) mass is 294 g/mol. The van der Waals surface area contributed by atoms with Crippen LogP contribution in [0.3, 0.4) is 0 Å². The van der Waals surface area contributed by atoms with Crippen molar-refractivity contribution in [3.05, 3.63) is 11.9 Å². The Bertz CT molecular complexity index is 385. The third-order valence-electron chi connectivity index (χ3n) is 3.42. The van der Waals surface area contributed by atoms with E-state index in [-0.39, 0.29) is 0 Å². The standard InChI is InChI=1S/C16H30N4O/c1-6-9-17-14-10-16(20(5)11-13(4)7-2)19-15(18-14)12-21-8-3/h10,13H,6-9,11-12H2,1-5H3,(H,17,18,19). The molecule has 21 heavy (non-hydrogen) atoms. The zero-order valence-corrected chi connectivity index (χ0v) is 14.1. The molecule has 0 saturated heterocycles. The van der Waals surface area contributed by atoms with Gasteiger partial charge in [0, 0.05) is 32.8 Å². The maximum Gasteiger partial charge on any atom is 0.158 e. The van der Waals surface area contributed by atoms with Crippen LogP contribution in [0.2, 0.25) is 0 Å². The summed E-state index contributed by atoms with van der Waals surface area (Å²) < 4.78 is 5.44. The molecule has 1 heterocycles. The molecule has 1 aromatic heterocycles. The van der Waals surface area contributed by atoms with E-state index < -0.39 is 0 Å². The molecule has 0 aliphatic heterocycles. The lowest BCUT2D eigenvalue weighted by Gasteiger charge is -2.22. The first kappa shape index (κ1) is 17.7. The lowest BCUT2D eigenvalue weighted by molar-refractivity contribution is 0.128. The molecule has 0 spiro atoms. The average Bonchev–Trinajstić information content (AvgIpc) is 2.50. The van der Waals surface area contributed by atoms with Gasteiger partial charge in [-0.1, -0.05) is 27.2 Å². The van der Waals surface area contributed by atoms with Crippen molar-refractivity contribution >= 4 is 11.6 Å². The summed E-state index contributed by atoms with van der Waals surface area (Å²) in [5.41, 5.74) is 0. The van der Waals surface area contributed by atoms with Crippen LogP contribution in [0, 0.1) is 5.92 Å². The number of ether oxygens (including phenoxy) is 1. The summed E-state index contributed by atoms with van der Waals surface area (Å²) >= 11 is 0. The fraction of sp³-hybridized carbons (Fsp3) is 0.750. The molecule has 0 aliphatic carbocycles. The van der Waals surface area contributed by atoms with Crippen molar-refractivity contribution in [3.63, 3.8) is 0 Å². The van der Waals surface area contributed by atoms with Gasteiger partial charge in [0.15, 0.2) is 5.82 Å². The Balaban J connectivity index is 2.88. The number of aromatic nitrogens is 2. The molecule has 1 unspecified atom stereocenters. The van der Waals surface area contributed by atoms with Crippen LogP contribution < -0.4 is 10.2 Å². The van der Waals surface area contributed by atoms with Crippen molar-refractivity contribution in [3.8, 4) is 0 Å². The van der Waals surface area contributed by atoms with Gasteiger partial charge < -0.3 is 15.0 Å². The normalized spacial score (nSPS) is 12.2. The van der Waals surface area contributed by atoms with Gasteiger partial charge in [-0.25, -0.2) is 9.97 Å². The summed E-state index contributed by atoms with van der Waals surface area (Å²) in [6, 6.07) is 2.02. The largest absolute Gasteiger partial charge is 0.374 e. The highest BCUT2D eigenvalue weighted by Crippen LogP contribution is 2.17. The first-order valence-corrected chi connectivity index (χ1v) is 8.01. The van der Waals surface area contributed by atoms with Crippen LogP contribution in [0.5, 0.6) is 0 Å². The molecule has 0 aliphatic rings. The van der Waals surface area contributed by atoms with Crippen molar-refractivity contribution in [2.45, 2.75) is 47.1 Å². The lowest BCUT2D eigenvalue weighted by atomic mass is 10.1. The fourth-order valence-electron chi connectivity index (χ4n) is 1.97. The van der Waals surface area contributed by atoms with Gasteiger partial charge in [0.1, 0.15) is 18.2 Å². The zero-order chi connectivity index (χ0) is 15.7. The van der Waals surface area contributed by atoms with E-state index in [9.17, 15) is 0 Å². The number of nitrogens with one attached hydrogen (secondary N) is 1. The molecule has 0 saturated carbocycles. The fourth-order valence-corrected chi connectivity index (χ4v) is 1.97. The number of hydrogen-bond donors (Lipinski definition) is 1. The van der Waals surface area contributed by atoms with E-state index in [0.717, 1.165) is 37.0 Å². The van der Waals surface area contributed by atoms with Crippen LogP contribution in [-0.4, -0.2) is 36.7 Å². The summed E-state index contributed by atoms with van der Waals surface area (Å²) in [4.78, 5) is 11.3. The molecule has 1 atom stereocenters. The average molecular weight is 294 g/mol. The second-order valence-electron chi connectivity index (χ2n) is 5.49. The van der Waals surface area contributed by atoms with E-state index in [4.69, 9.17) is 4.74 Å². The molecule has 0 radical (unpaired) electrons. The van der Waals surface area contributed by atoms with Crippen molar-refractivity contribution in [1.29, 1.82) is 0 Å². The number of anilines is 2. The van der Waals surface area contributed by atoms with Gasteiger partial charge in [0.2, 0.25) is 0 Å². The molecular weight excluding hydrogens is 264 g/mol. The highest BCUT2D eigenvalue weighted by Gasteiger charge is 2.11. The Hall–Kier alpha value is -1.36. The number of rotatable bonds is 10. The van der Waals surface area contributed by atoms with Gasteiger partial charge in [0.05, 0.1) is 0 Å². The molecule has 0 fully saturated rings. The molecular formula is C16H30N4O. The predicted octanol–water partition coefficient (Wildman–Crippen LogP) is 3.32. The van der Waals surface area contributed by atoms with E-state index in [1.54, 1.807) is 0 Å². The Morgan fingerprint density at radius 3 is 2.67 bits per heavy atom. The summed E-state index contributed by atoms with van der Waals surface area (Å²) in [7, 11) is 2.09. The number of nitrogens with zero attached hydrogens (tertiary/aromatic N) is 3. The predicted molar refractivity (Wildman–Crippen MR) is 88.9 cm³/mol. The van der Waals surface area contributed by atoms with Crippen molar-refractivity contribution in [2.24, 2.45) is 5.92 Å². The molecule has 0 bridgehead atoms. The maximum atomic E-state index is 5.44. The van der Waals surface area contributed by atoms with Crippen LogP contribution in [0.4, 0.5) is 11.6 Å². The van der Waals surface area contributed by atoms with Gasteiger partial charge in [-0.05, 0) is 19.3 Å². The van der Waals surface area contributed by atoms with Crippen LogP contribution in [0.15, 0.2) is 6.07 Å². The van der Waals surface area contributed by atoms with Crippen molar-refractivity contribution in [1.82, 2.24) is 9.97 Å². The Labute approximate surface area is 129 Å². The molecule has 0 aromatic carbocycles. The highest BCUT2D eigenvalue weighted by atomic mass is 16.5. The Morgan fingerprint density at radius 1 is 1.29 bits per heavy atom. The van der Waals surface area contributed by atoms with Crippen molar-refractivity contribution < 1.29 is 4.74 Å². The third-order valence-corrected chi connectivity index (χ3v) is 3.42. The molecule has 1 N–H and O–H groups in total. The van der Waals surface area contributed by atoms with Crippen LogP contribution >= 0.6 is 0 Å². The summed E-state index contributed by atoms with van der Waals surface area (Å²) in [6.07, 6.45) is 2.24. The van der Waals surface area contributed by atoms with Gasteiger partial charge in [-0.15, -0.1) is 0 Å². The summed E-state index contributed by atoms with van der Waals surface area (Å²) in [5.74, 6) is 3.22. The minimum absolute atomic E-state index is 0.461. The second-order valence-corrected chi connectivity index (χ2v) is 5.49. The first-order chi connectivity index (χ1) is 10.1. The SMILES string of the molecule is CCCNc1cc(N(C)CC(C)CC)nc(COCC)n1. The van der Waals surface area contributed by atoms with Gasteiger partial charge in [-0.2, -0.15) is 0 Å². The molecule has 5 nitrogen and oxygen atoms in total. The smallest absolute Gasteiger partial charge is 0.158 e. The second kappa shape index (κ2) is 9.55. The van der Waals surface area contributed by atoms with Crippen LogP contribution in [0.1, 0.15) is 46.4 Å². The van der Waals surface area contributed by atoms with E-state index >= 15 is 0 Å². The summed E-state index contributed by atoms with van der Waals surface area (Å²) in [5, 5.41) is 3.34. The van der Waals surface area contributed by atoms with Gasteiger partial charge in [0.25, 0.3) is 0 Å². The maximum absolute atomic E-state index is 5.44. The van der Waals surface area contributed by atoms with E-state index in [1.807, 2.05) is 13.0 Å². The van der Waals surface area contributed by atoms with Crippen LogP contribution in [0.25, 0.3) is 0 Å². The Kier molecular flexibility index (Phi) is 8.05.